The summed E-state index contributed by atoms with van der Waals surface area (Å²) in [5, 5.41) is 10.3. The first-order valence-corrected chi connectivity index (χ1v) is 14.7. The van der Waals surface area contributed by atoms with E-state index in [0.717, 1.165) is 18.4 Å². The van der Waals surface area contributed by atoms with Gasteiger partial charge in [0.1, 0.15) is 0 Å². The van der Waals surface area contributed by atoms with E-state index < -0.39 is 33.9 Å². The van der Waals surface area contributed by atoms with Crippen LogP contribution in [-0.4, -0.2) is 104 Å². The third kappa shape index (κ3) is 6.19. The van der Waals surface area contributed by atoms with Gasteiger partial charge in [0.15, 0.2) is 11.5 Å². The molecule has 3 aliphatic heterocycles. The van der Waals surface area contributed by atoms with Crippen molar-refractivity contribution in [3.8, 4) is 11.5 Å². The van der Waals surface area contributed by atoms with Gasteiger partial charge in [0.2, 0.25) is 22.7 Å². The summed E-state index contributed by atoms with van der Waals surface area (Å²) >= 11 is 0. The van der Waals surface area contributed by atoms with Crippen molar-refractivity contribution in [2.75, 3.05) is 58.4 Å². The largest absolute Gasteiger partial charge is 0.481 e. The number of hydrogen-bond donors (Lipinski definition) is 2. The second-order valence-corrected chi connectivity index (χ2v) is 12.0. The molecule has 206 valence electrons. The molecule has 1 aromatic carbocycles. The van der Waals surface area contributed by atoms with Crippen molar-refractivity contribution >= 4 is 21.9 Å². The Balaban J connectivity index is 1.59. The lowest BCUT2D eigenvalue weighted by Crippen LogP contribution is -2.46. The summed E-state index contributed by atoms with van der Waals surface area (Å²) in [6, 6.07) is 4.95. The monoisotopic (exact) mass is 538 g/mol. The zero-order valence-corrected chi connectivity index (χ0v) is 22.2. The van der Waals surface area contributed by atoms with Crippen LogP contribution in [0, 0.1) is 5.92 Å². The molecular weight excluding hydrogens is 500 g/mol. The van der Waals surface area contributed by atoms with Crippen LogP contribution in [0.4, 0.5) is 0 Å². The quantitative estimate of drug-likeness (QED) is 0.397. The number of carbonyl (C=O) groups is 2. The van der Waals surface area contributed by atoms with Crippen molar-refractivity contribution < 1.29 is 32.6 Å². The van der Waals surface area contributed by atoms with Gasteiger partial charge in [-0.3, -0.25) is 14.5 Å². The maximum absolute atomic E-state index is 13.3. The third-order valence-electron chi connectivity index (χ3n) is 7.61. The van der Waals surface area contributed by atoms with Crippen molar-refractivity contribution in [3.05, 3.63) is 23.8 Å². The van der Waals surface area contributed by atoms with Gasteiger partial charge < -0.3 is 25.2 Å². The maximum Gasteiger partial charge on any atom is 0.308 e. The van der Waals surface area contributed by atoms with E-state index in [9.17, 15) is 23.1 Å². The van der Waals surface area contributed by atoms with Crippen molar-refractivity contribution in [3.63, 3.8) is 0 Å². The van der Waals surface area contributed by atoms with E-state index in [2.05, 4.69) is 6.92 Å². The average molecular weight is 539 g/mol. The molecule has 0 saturated carbocycles. The number of carboxylic acid groups (broad SMARTS) is 1. The summed E-state index contributed by atoms with van der Waals surface area (Å²) in [6.07, 6.45) is 2.71. The van der Waals surface area contributed by atoms with Crippen LogP contribution in [0.2, 0.25) is 0 Å². The number of unbranched alkanes of at least 4 members (excludes halogenated alkanes) is 1. The molecule has 1 unspecified atom stereocenters. The van der Waals surface area contributed by atoms with E-state index in [1.165, 1.54) is 4.31 Å². The zero-order chi connectivity index (χ0) is 26.6. The third-order valence-corrected chi connectivity index (χ3v) is 9.56. The molecule has 0 aliphatic carbocycles. The minimum atomic E-state index is -3.31. The van der Waals surface area contributed by atoms with Crippen molar-refractivity contribution in [1.29, 1.82) is 0 Å². The van der Waals surface area contributed by atoms with Crippen LogP contribution in [-0.2, 0) is 19.6 Å². The number of aliphatic carboxylic acids is 1. The summed E-state index contributed by atoms with van der Waals surface area (Å²) in [5.74, 6) is -0.942. The molecule has 0 spiro atoms. The number of amides is 1. The molecule has 3 N–H and O–H groups in total. The van der Waals surface area contributed by atoms with Crippen LogP contribution in [0.5, 0.6) is 11.5 Å². The van der Waals surface area contributed by atoms with Crippen LogP contribution in [0.15, 0.2) is 18.2 Å². The molecule has 1 amide bonds. The molecule has 12 heteroatoms. The van der Waals surface area contributed by atoms with Gasteiger partial charge >= 0.3 is 5.97 Å². The van der Waals surface area contributed by atoms with Crippen LogP contribution in [0.3, 0.4) is 0 Å². The zero-order valence-electron chi connectivity index (χ0n) is 21.4. The second kappa shape index (κ2) is 12.0. The topological polar surface area (TPSA) is 143 Å². The number of nitrogens with two attached hydrogens (primary N) is 1. The first kappa shape index (κ1) is 27.6. The highest BCUT2D eigenvalue weighted by atomic mass is 32.2. The lowest BCUT2D eigenvalue weighted by molar-refractivity contribution is -0.143. The molecule has 11 nitrogen and oxygen atoms in total. The molecule has 4 rings (SSSR count). The van der Waals surface area contributed by atoms with E-state index in [1.807, 2.05) is 17.0 Å². The van der Waals surface area contributed by atoms with Gasteiger partial charge in [0.25, 0.3) is 0 Å². The number of ether oxygens (including phenoxy) is 2. The minimum Gasteiger partial charge on any atom is -0.481 e. The number of sulfonamides is 1. The Kier molecular flexibility index (Phi) is 8.94. The van der Waals surface area contributed by atoms with Gasteiger partial charge in [-0.1, -0.05) is 19.4 Å². The lowest BCUT2D eigenvalue weighted by atomic mass is 9.84. The average Bonchev–Trinajstić information content (AvgIpc) is 3.56. The SMILES string of the molecule is CCCCN(CCN)C(=O)CN1C[C@H](c2ccc3c(c2)OCO3)C(C(=O)O)[C@@H]1CCN1CCCS1(=O)=O. The summed E-state index contributed by atoms with van der Waals surface area (Å²) in [5.41, 5.74) is 6.55. The molecule has 37 heavy (non-hydrogen) atoms. The molecule has 0 aromatic heterocycles. The molecule has 0 radical (unpaired) electrons. The number of hydrogen-bond acceptors (Lipinski definition) is 8. The number of likely N-dealkylation sites (tertiary alicyclic amines) is 1. The van der Waals surface area contributed by atoms with Gasteiger partial charge in [-0.25, -0.2) is 12.7 Å². The molecule has 2 saturated heterocycles. The highest BCUT2D eigenvalue weighted by Crippen LogP contribution is 2.42. The van der Waals surface area contributed by atoms with Gasteiger partial charge in [0, 0.05) is 51.2 Å². The summed E-state index contributed by atoms with van der Waals surface area (Å²) in [4.78, 5) is 29.6. The Morgan fingerprint density at radius 3 is 2.68 bits per heavy atom. The molecule has 3 aliphatic rings. The molecular formula is C25H38N4O7S. The summed E-state index contributed by atoms with van der Waals surface area (Å²) in [6.45, 7) is 4.67. The fourth-order valence-electron chi connectivity index (χ4n) is 5.69. The molecule has 2 fully saturated rings. The van der Waals surface area contributed by atoms with Gasteiger partial charge in [-0.05, 0) is 37.0 Å². The van der Waals surface area contributed by atoms with Gasteiger partial charge in [-0.15, -0.1) is 0 Å². The first-order chi connectivity index (χ1) is 17.7. The smallest absolute Gasteiger partial charge is 0.308 e. The molecule has 3 heterocycles. The molecule has 1 aromatic rings. The van der Waals surface area contributed by atoms with Gasteiger partial charge in [0.05, 0.1) is 18.2 Å². The number of nitrogens with zero attached hydrogens (tertiary/aromatic N) is 3. The fourth-order valence-corrected chi connectivity index (χ4v) is 7.24. The Morgan fingerprint density at radius 1 is 1.22 bits per heavy atom. The van der Waals surface area contributed by atoms with E-state index in [-0.39, 0.29) is 31.5 Å². The Morgan fingerprint density at radius 2 is 2.00 bits per heavy atom. The van der Waals surface area contributed by atoms with Crippen LogP contribution in [0.25, 0.3) is 0 Å². The van der Waals surface area contributed by atoms with E-state index >= 15 is 0 Å². The van der Waals surface area contributed by atoms with Crippen LogP contribution >= 0.6 is 0 Å². The van der Waals surface area contributed by atoms with Crippen LogP contribution in [0.1, 0.15) is 44.1 Å². The predicted molar refractivity (Wildman–Crippen MR) is 137 cm³/mol. The predicted octanol–water partition coefficient (Wildman–Crippen LogP) is 0.897. The number of rotatable bonds is 12. The Hall–Kier alpha value is -2.41. The Labute approximate surface area is 218 Å². The molecule has 3 atom stereocenters. The summed E-state index contributed by atoms with van der Waals surface area (Å²) < 4.78 is 37.2. The summed E-state index contributed by atoms with van der Waals surface area (Å²) in [7, 11) is -3.31. The lowest BCUT2D eigenvalue weighted by Gasteiger charge is -2.30. The number of carboxylic acids is 1. The number of fused-ring (bicyclic) bond motifs is 1. The highest BCUT2D eigenvalue weighted by Gasteiger charge is 2.47. The maximum atomic E-state index is 13.3. The normalized spacial score (nSPS) is 25.0. The minimum absolute atomic E-state index is 0.0615. The molecule has 0 bridgehead atoms. The highest BCUT2D eigenvalue weighted by molar-refractivity contribution is 7.89. The fraction of sp³-hybridized carbons (Fsp3) is 0.680. The van der Waals surface area contributed by atoms with E-state index in [0.29, 0.717) is 57.1 Å². The van der Waals surface area contributed by atoms with Crippen molar-refractivity contribution in [1.82, 2.24) is 14.1 Å². The number of carbonyl (C=O) groups excluding carboxylic acids is 1. The number of benzene rings is 1. The van der Waals surface area contributed by atoms with Crippen molar-refractivity contribution in [2.45, 2.75) is 44.6 Å². The van der Waals surface area contributed by atoms with Crippen LogP contribution < -0.4 is 15.2 Å². The van der Waals surface area contributed by atoms with E-state index in [4.69, 9.17) is 15.2 Å². The first-order valence-electron chi connectivity index (χ1n) is 13.1. The van der Waals surface area contributed by atoms with Gasteiger partial charge in [-0.2, -0.15) is 0 Å². The second-order valence-electron chi connectivity index (χ2n) is 9.96. The Bertz CT molecular complexity index is 1080. The standard InChI is InChI=1S/C25H38N4O7S/c1-2-3-9-27(12-8-26)23(30)16-28-15-19(18-5-6-21-22(14-18)36-17-35-21)24(25(31)32)20(28)7-11-29-10-4-13-37(29,33)34/h5-6,14,19-20,24H,2-4,7-13,15-17,26H2,1H3,(H,31,32)/t19-,20+,24?/m1/s1. The van der Waals surface area contributed by atoms with E-state index in [1.54, 1.807) is 11.0 Å². The van der Waals surface area contributed by atoms with Crippen molar-refractivity contribution in [2.24, 2.45) is 11.7 Å².